The van der Waals surface area contributed by atoms with Crippen molar-refractivity contribution >= 4 is 23.2 Å². The summed E-state index contributed by atoms with van der Waals surface area (Å²) in [5, 5.41) is 12.4. The first-order valence-electron chi connectivity index (χ1n) is 11.4. The Morgan fingerprint density at radius 1 is 1.22 bits per heavy atom. The summed E-state index contributed by atoms with van der Waals surface area (Å²) in [5.74, 6) is 1.36. The SMILES string of the molecule is CCCCCCC(Oc1ccc(C)cc1C)C(=O)NCC(C)c1nn2nc(C)c(Cl)c2[nH]1. The van der Waals surface area contributed by atoms with Gasteiger partial charge in [0, 0.05) is 12.5 Å². The number of fused-ring (bicyclic) bond motifs is 1. The molecular formula is C24H34ClN5O2. The van der Waals surface area contributed by atoms with Gasteiger partial charge in [0.25, 0.3) is 5.91 Å². The molecule has 0 radical (unpaired) electrons. The average Bonchev–Trinajstić information content (AvgIpc) is 3.29. The summed E-state index contributed by atoms with van der Waals surface area (Å²) in [4.78, 5) is 16.3. The highest BCUT2D eigenvalue weighted by atomic mass is 35.5. The van der Waals surface area contributed by atoms with E-state index in [4.69, 9.17) is 16.3 Å². The van der Waals surface area contributed by atoms with E-state index in [1.54, 1.807) is 0 Å². The van der Waals surface area contributed by atoms with E-state index in [0.29, 0.717) is 23.6 Å². The predicted octanol–water partition coefficient (Wildman–Crippen LogP) is 5.27. The average molecular weight is 460 g/mol. The van der Waals surface area contributed by atoms with Gasteiger partial charge in [-0.25, -0.2) is 0 Å². The molecule has 32 heavy (non-hydrogen) atoms. The second kappa shape index (κ2) is 10.9. The molecule has 2 atom stereocenters. The monoisotopic (exact) mass is 459 g/mol. The molecule has 1 amide bonds. The third kappa shape index (κ3) is 5.82. The normalized spacial score (nSPS) is 13.3. The molecule has 0 aliphatic heterocycles. The van der Waals surface area contributed by atoms with Crippen molar-refractivity contribution in [3.05, 3.63) is 45.9 Å². The van der Waals surface area contributed by atoms with Crippen LogP contribution in [0.4, 0.5) is 0 Å². The fourth-order valence-electron chi connectivity index (χ4n) is 3.69. The van der Waals surface area contributed by atoms with E-state index in [2.05, 4.69) is 33.5 Å². The Labute approximate surface area is 194 Å². The van der Waals surface area contributed by atoms with Crippen molar-refractivity contribution in [2.24, 2.45) is 0 Å². The number of hydrogen-bond acceptors (Lipinski definition) is 4. The molecule has 0 bridgehead atoms. The largest absolute Gasteiger partial charge is 0.480 e. The van der Waals surface area contributed by atoms with Crippen LogP contribution in [0.1, 0.15) is 74.5 Å². The molecule has 0 spiro atoms. The number of H-pyrrole nitrogens is 1. The third-order valence-corrected chi connectivity index (χ3v) is 6.13. The van der Waals surface area contributed by atoms with E-state index < -0.39 is 6.10 Å². The highest BCUT2D eigenvalue weighted by Gasteiger charge is 2.23. The number of nitrogens with one attached hydrogen (secondary N) is 2. The van der Waals surface area contributed by atoms with Gasteiger partial charge >= 0.3 is 0 Å². The van der Waals surface area contributed by atoms with Crippen LogP contribution in [-0.2, 0) is 4.79 Å². The van der Waals surface area contributed by atoms with Gasteiger partial charge in [0.2, 0.25) is 0 Å². The second-order valence-electron chi connectivity index (χ2n) is 8.62. The summed E-state index contributed by atoms with van der Waals surface area (Å²) >= 11 is 6.26. The molecule has 2 heterocycles. The van der Waals surface area contributed by atoms with Crippen LogP contribution >= 0.6 is 11.6 Å². The lowest BCUT2D eigenvalue weighted by atomic mass is 10.1. The fourth-order valence-corrected chi connectivity index (χ4v) is 3.85. The molecule has 3 aromatic rings. The Bertz CT molecular complexity index is 1060. The van der Waals surface area contributed by atoms with Gasteiger partial charge < -0.3 is 15.0 Å². The molecule has 7 nitrogen and oxygen atoms in total. The second-order valence-corrected chi connectivity index (χ2v) is 9.00. The number of aromatic nitrogens is 4. The Hall–Kier alpha value is -2.54. The lowest BCUT2D eigenvalue weighted by Crippen LogP contribution is -2.40. The van der Waals surface area contributed by atoms with Crippen LogP contribution in [0.2, 0.25) is 5.02 Å². The molecule has 0 saturated carbocycles. The summed E-state index contributed by atoms with van der Waals surface area (Å²) in [7, 11) is 0. The van der Waals surface area contributed by atoms with Gasteiger partial charge in [-0.1, -0.05) is 62.4 Å². The minimum atomic E-state index is -0.522. The van der Waals surface area contributed by atoms with Gasteiger partial charge in [0.1, 0.15) is 16.6 Å². The Morgan fingerprint density at radius 2 is 2.00 bits per heavy atom. The number of amides is 1. The molecule has 0 aliphatic carbocycles. The Balaban J connectivity index is 1.64. The van der Waals surface area contributed by atoms with Crippen molar-refractivity contribution < 1.29 is 9.53 Å². The topological polar surface area (TPSA) is 84.3 Å². The Kier molecular flexibility index (Phi) is 8.18. The zero-order chi connectivity index (χ0) is 23.3. The van der Waals surface area contributed by atoms with E-state index in [-0.39, 0.29) is 11.8 Å². The number of rotatable bonds is 11. The van der Waals surface area contributed by atoms with Gasteiger partial charge in [-0.3, -0.25) is 4.79 Å². The molecule has 174 valence electrons. The van der Waals surface area contributed by atoms with Crippen LogP contribution in [0.15, 0.2) is 18.2 Å². The first-order valence-corrected chi connectivity index (χ1v) is 11.8. The van der Waals surface area contributed by atoms with Crippen molar-refractivity contribution in [3.63, 3.8) is 0 Å². The molecule has 0 aliphatic rings. The number of unbranched alkanes of at least 4 members (excludes halogenated alkanes) is 3. The third-order valence-electron chi connectivity index (χ3n) is 5.68. The predicted molar refractivity (Wildman–Crippen MR) is 128 cm³/mol. The molecule has 3 rings (SSSR count). The summed E-state index contributed by atoms with van der Waals surface area (Å²) in [6.45, 7) is 10.5. The summed E-state index contributed by atoms with van der Waals surface area (Å²) in [5.41, 5.74) is 3.61. The van der Waals surface area contributed by atoms with E-state index in [1.807, 2.05) is 39.8 Å². The molecule has 8 heteroatoms. The van der Waals surface area contributed by atoms with Crippen LogP contribution in [-0.4, -0.2) is 38.4 Å². The van der Waals surface area contributed by atoms with E-state index in [1.165, 1.54) is 10.2 Å². The Morgan fingerprint density at radius 3 is 2.69 bits per heavy atom. The first kappa shape index (κ1) is 24.1. The van der Waals surface area contributed by atoms with Gasteiger partial charge in [0.05, 0.1) is 5.69 Å². The zero-order valence-electron chi connectivity index (χ0n) is 19.7. The minimum absolute atomic E-state index is 0.0288. The van der Waals surface area contributed by atoms with Gasteiger partial charge in [-0.15, -0.1) is 9.73 Å². The molecule has 0 fully saturated rings. The van der Waals surface area contributed by atoms with Crippen LogP contribution in [0.3, 0.4) is 0 Å². The number of nitrogens with zero attached hydrogens (tertiary/aromatic N) is 3. The lowest BCUT2D eigenvalue weighted by Gasteiger charge is -2.21. The summed E-state index contributed by atoms with van der Waals surface area (Å²) in [6, 6.07) is 6.03. The van der Waals surface area contributed by atoms with E-state index in [0.717, 1.165) is 48.5 Å². The molecule has 2 unspecified atom stereocenters. The first-order chi connectivity index (χ1) is 15.3. The number of benzene rings is 1. The molecule has 1 aromatic carbocycles. The quantitative estimate of drug-likeness (QED) is 0.382. The number of aromatic amines is 1. The number of hydrogen-bond donors (Lipinski definition) is 2. The van der Waals surface area contributed by atoms with Crippen molar-refractivity contribution in [2.45, 2.75) is 78.7 Å². The lowest BCUT2D eigenvalue weighted by molar-refractivity contribution is -0.128. The van der Waals surface area contributed by atoms with E-state index >= 15 is 0 Å². The maximum atomic E-state index is 13.0. The highest BCUT2D eigenvalue weighted by Crippen LogP contribution is 2.23. The van der Waals surface area contributed by atoms with Gasteiger partial charge in [-0.2, -0.15) is 5.10 Å². The van der Waals surface area contributed by atoms with E-state index in [9.17, 15) is 4.79 Å². The van der Waals surface area contributed by atoms with Gasteiger partial charge in [-0.05, 0) is 45.2 Å². The highest BCUT2D eigenvalue weighted by molar-refractivity contribution is 6.34. The molecule has 2 N–H and O–H groups in total. The van der Waals surface area contributed by atoms with Crippen molar-refractivity contribution in [3.8, 4) is 5.75 Å². The van der Waals surface area contributed by atoms with Crippen LogP contribution in [0.5, 0.6) is 5.75 Å². The summed E-state index contributed by atoms with van der Waals surface area (Å²) in [6.07, 6.45) is 4.54. The molecular weight excluding hydrogens is 426 g/mol. The number of carbonyl (C=O) groups excluding carboxylic acids is 1. The zero-order valence-corrected chi connectivity index (χ0v) is 20.4. The van der Waals surface area contributed by atoms with Gasteiger partial charge in [0.15, 0.2) is 11.8 Å². The minimum Gasteiger partial charge on any atom is -0.480 e. The molecule has 0 saturated heterocycles. The number of carbonyl (C=O) groups is 1. The van der Waals surface area contributed by atoms with Crippen molar-refractivity contribution in [1.29, 1.82) is 0 Å². The maximum Gasteiger partial charge on any atom is 0.261 e. The maximum absolute atomic E-state index is 13.0. The van der Waals surface area contributed by atoms with Crippen LogP contribution < -0.4 is 10.1 Å². The standard InChI is InChI=1S/C24H34ClN5O2/c1-6-7-8-9-10-20(32-19-12-11-15(2)13-16(19)3)24(31)26-14-17(4)22-27-23-21(25)18(5)28-30(23)29-22/h11-13,17,20H,6-10,14H2,1-5H3,(H,26,31)(H,27,29). The van der Waals surface area contributed by atoms with Crippen LogP contribution in [0.25, 0.3) is 5.65 Å². The summed E-state index contributed by atoms with van der Waals surface area (Å²) < 4.78 is 7.68. The smallest absolute Gasteiger partial charge is 0.261 e. The fraction of sp³-hybridized carbons (Fsp3) is 0.542. The van der Waals surface area contributed by atoms with Crippen molar-refractivity contribution in [2.75, 3.05) is 6.54 Å². The number of halogens is 1. The molecule has 2 aromatic heterocycles. The number of aryl methyl sites for hydroxylation is 3. The van der Waals surface area contributed by atoms with Crippen molar-refractivity contribution in [1.82, 2.24) is 25.1 Å². The van der Waals surface area contributed by atoms with Crippen LogP contribution in [0, 0.1) is 20.8 Å². The number of ether oxygens (including phenoxy) is 1.